The van der Waals surface area contributed by atoms with Gasteiger partial charge in [0.2, 0.25) is 5.91 Å². The number of carboxylic acids is 1. The van der Waals surface area contributed by atoms with Crippen molar-refractivity contribution in [2.24, 2.45) is 17.3 Å². The van der Waals surface area contributed by atoms with E-state index >= 15 is 0 Å². The van der Waals surface area contributed by atoms with Crippen LogP contribution in [0, 0.1) is 17.3 Å². The Morgan fingerprint density at radius 1 is 0.971 bits per heavy atom. The zero-order valence-corrected chi connectivity index (χ0v) is 20.3. The molecular formula is C27H34N2O5. The Bertz CT molecular complexity index is 1000. The van der Waals surface area contributed by atoms with E-state index in [0.29, 0.717) is 0 Å². The van der Waals surface area contributed by atoms with E-state index in [1.807, 2.05) is 38.1 Å². The third kappa shape index (κ3) is 5.95. The van der Waals surface area contributed by atoms with E-state index in [1.54, 1.807) is 13.8 Å². The smallest absolute Gasteiger partial charge is 0.407 e. The average molecular weight is 467 g/mol. The number of aliphatic carboxylic acids is 1. The van der Waals surface area contributed by atoms with Crippen molar-refractivity contribution < 1.29 is 24.2 Å². The predicted octanol–water partition coefficient (Wildman–Crippen LogP) is 4.41. The Balaban J connectivity index is 1.52. The molecule has 3 N–H and O–H groups in total. The zero-order chi connectivity index (χ0) is 24.9. The molecule has 0 aliphatic heterocycles. The zero-order valence-electron chi connectivity index (χ0n) is 20.3. The number of amides is 2. The van der Waals surface area contributed by atoms with Crippen LogP contribution in [0.15, 0.2) is 48.5 Å². The predicted molar refractivity (Wildman–Crippen MR) is 130 cm³/mol. The van der Waals surface area contributed by atoms with Crippen molar-refractivity contribution in [3.05, 3.63) is 59.7 Å². The van der Waals surface area contributed by atoms with Crippen LogP contribution >= 0.6 is 0 Å². The molecule has 1 aliphatic carbocycles. The lowest BCUT2D eigenvalue weighted by molar-refractivity contribution is -0.139. The van der Waals surface area contributed by atoms with Gasteiger partial charge in [-0.1, -0.05) is 62.4 Å². The Kier molecular flexibility index (Phi) is 7.97. The molecule has 0 aromatic heterocycles. The summed E-state index contributed by atoms with van der Waals surface area (Å²) in [7, 11) is 0. The highest BCUT2D eigenvalue weighted by molar-refractivity contribution is 5.83. The molecule has 0 spiro atoms. The Morgan fingerprint density at radius 3 is 2.06 bits per heavy atom. The second-order valence-corrected chi connectivity index (χ2v) is 9.87. The molecule has 1 unspecified atom stereocenters. The first-order valence-corrected chi connectivity index (χ1v) is 11.7. The number of hydrogen-bond acceptors (Lipinski definition) is 4. The molecule has 0 saturated carbocycles. The molecule has 0 radical (unpaired) electrons. The molecule has 0 fully saturated rings. The summed E-state index contributed by atoms with van der Waals surface area (Å²) in [6, 6.07) is 16.3. The highest BCUT2D eigenvalue weighted by Gasteiger charge is 2.31. The van der Waals surface area contributed by atoms with Gasteiger partial charge in [-0.25, -0.2) is 4.79 Å². The van der Waals surface area contributed by atoms with E-state index < -0.39 is 17.5 Å². The summed E-state index contributed by atoms with van der Waals surface area (Å²) in [6.07, 6.45) is -0.579. The summed E-state index contributed by atoms with van der Waals surface area (Å²) in [5.41, 5.74) is 3.71. The van der Waals surface area contributed by atoms with Gasteiger partial charge >= 0.3 is 12.1 Å². The fourth-order valence-corrected chi connectivity index (χ4v) is 4.25. The summed E-state index contributed by atoms with van der Waals surface area (Å²) in [5, 5.41) is 14.6. The van der Waals surface area contributed by atoms with Crippen LogP contribution in [-0.4, -0.2) is 42.8 Å². The van der Waals surface area contributed by atoms with Crippen molar-refractivity contribution in [1.82, 2.24) is 10.6 Å². The fourth-order valence-electron chi connectivity index (χ4n) is 4.25. The highest BCUT2D eigenvalue weighted by atomic mass is 16.5. The maximum atomic E-state index is 12.7. The second-order valence-electron chi connectivity index (χ2n) is 9.87. The first-order chi connectivity index (χ1) is 16.1. The van der Waals surface area contributed by atoms with E-state index in [0.717, 1.165) is 22.3 Å². The van der Waals surface area contributed by atoms with Gasteiger partial charge in [-0.3, -0.25) is 9.59 Å². The van der Waals surface area contributed by atoms with Gasteiger partial charge in [0.05, 0.1) is 11.8 Å². The molecule has 7 heteroatoms. The van der Waals surface area contributed by atoms with Crippen LogP contribution in [0.4, 0.5) is 4.79 Å². The lowest BCUT2D eigenvalue weighted by atomic mass is 9.89. The maximum Gasteiger partial charge on any atom is 0.407 e. The molecule has 0 heterocycles. The average Bonchev–Trinajstić information content (AvgIpc) is 3.12. The van der Waals surface area contributed by atoms with E-state index in [1.165, 1.54) is 0 Å². The monoisotopic (exact) mass is 466 g/mol. The van der Waals surface area contributed by atoms with Crippen LogP contribution in [0.25, 0.3) is 11.1 Å². The van der Waals surface area contributed by atoms with Crippen LogP contribution < -0.4 is 10.6 Å². The van der Waals surface area contributed by atoms with Crippen molar-refractivity contribution in [2.75, 3.05) is 19.7 Å². The lowest BCUT2D eigenvalue weighted by Crippen LogP contribution is -2.46. The van der Waals surface area contributed by atoms with E-state index in [2.05, 4.69) is 34.9 Å². The first-order valence-electron chi connectivity index (χ1n) is 11.7. The largest absolute Gasteiger partial charge is 0.481 e. The van der Waals surface area contributed by atoms with Crippen molar-refractivity contribution in [1.29, 1.82) is 0 Å². The van der Waals surface area contributed by atoms with E-state index in [9.17, 15) is 14.4 Å². The number of carbonyl (C=O) groups excluding carboxylic acids is 2. The van der Waals surface area contributed by atoms with Gasteiger partial charge in [0.15, 0.2) is 0 Å². The quantitative estimate of drug-likeness (QED) is 0.481. The van der Waals surface area contributed by atoms with Crippen LogP contribution in [0.3, 0.4) is 0 Å². The standard InChI is InChI=1S/C27H34N2O5/c1-17(2)18(13-24(30)31)14-28-25(32)27(3,4)16-29-26(33)34-15-23-21-11-7-5-9-19(21)20-10-6-8-12-22(20)23/h5-12,17-18,23H,13-16H2,1-4H3,(H,28,32)(H,29,33)(H,30,31). The van der Waals surface area contributed by atoms with Crippen molar-refractivity contribution in [3.63, 3.8) is 0 Å². The Labute approximate surface area is 200 Å². The molecule has 182 valence electrons. The Morgan fingerprint density at radius 2 is 1.53 bits per heavy atom. The van der Waals surface area contributed by atoms with Gasteiger partial charge in [0.1, 0.15) is 6.61 Å². The number of fused-ring (bicyclic) bond motifs is 3. The summed E-state index contributed by atoms with van der Waals surface area (Å²) >= 11 is 0. The molecule has 2 aromatic rings. The van der Waals surface area contributed by atoms with Gasteiger partial charge in [-0.15, -0.1) is 0 Å². The molecule has 7 nitrogen and oxygen atoms in total. The summed E-state index contributed by atoms with van der Waals surface area (Å²) in [5.74, 6) is -1.20. The fraction of sp³-hybridized carbons (Fsp3) is 0.444. The number of rotatable bonds is 10. The van der Waals surface area contributed by atoms with Gasteiger partial charge in [0, 0.05) is 19.0 Å². The summed E-state index contributed by atoms with van der Waals surface area (Å²) < 4.78 is 5.54. The minimum Gasteiger partial charge on any atom is -0.481 e. The number of nitrogens with one attached hydrogen (secondary N) is 2. The topological polar surface area (TPSA) is 105 Å². The minimum atomic E-state index is -0.885. The third-order valence-electron chi connectivity index (χ3n) is 6.54. The van der Waals surface area contributed by atoms with Crippen LogP contribution in [0.5, 0.6) is 0 Å². The summed E-state index contributed by atoms with van der Waals surface area (Å²) in [6.45, 7) is 7.91. The number of ether oxygens (including phenoxy) is 1. The van der Waals surface area contributed by atoms with Gasteiger partial charge in [-0.2, -0.15) is 0 Å². The molecule has 1 atom stereocenters. The lowest BCUT2D eigenvalue weighted by Gasteiger charge is -2.26. The first kappa shape index (κ1) is 25.3. The molecule has 2 aromatic carbocycles. The molecular weight excluding hydrogens is 432 g/mol. The second kappa shape index (κ2) is 10.7. The highest BCUT2D eigenvalue weighted by Crippen LogP contribution is 2.44. The van der Waals surface area contributed by atoms with Gasteiger partial charge < -0.3 is 20.5 Å². The molecule has 34 heavy (non-hydrogen) atoms. The van der Waals surface area contributed by atoms with Crippen molar-refractivity contribution in [3.8, 4) is 11.1 Å². The van der Waals surface area contributed by atoms with E-state index in [4.69, 9.17) is 9.84 Å². The van der Waals surface area contributed by atoms with Crippen LogP contribution in [0.1, 0.15) is 51.2 Å². The van der Waals surface area contributed by atoms with Crippen LogP contribution in [0.2, 0.25) is 0 Å². The normalized spacial score (nSPS) is 13.7. The van der Waals surface area contributed by atoms with Gasteiger partial charge in [0.25, 0.3) is 0 Å². The molecule has 1 aliphatic rings. The number of hydrogen-bond donors (Lipinski definition) is 3. The third-order valence-corrected chi connectivity index (χ3v) is 6.54. The van der Waals surface area contributed by atoms with Crippen molar-refractivity contribution in [2.45, 2.75) is 40.0 Å². The maximum absolute atomic E-state index is 12.7. The van der Waals surface area contributed by atoms with Crippen LogP contribution in [-0.2, 0) is 14.3 Å². The molecule has 2 amide bonds. The molecule has 0 saturated heterocycles. The van der Waals surface area contributed by atoms with Crippen molar-refractivity contribution >= 4 is 18.0 Å². The number of carbonyl (C=O) groups is 3. The van der Waals surface area contributed by atoms with E-state index in [-0.39, 0.29) is 49.8 Å². The number of alkyl carbamates (subject to hydrolysis) is 1. The number of carboxylic acid groups (broad SMARTS) is 1. The Hall–Kier alpha value is -3.35. The SMILES string of the molecule is CC(C)C(CNC(=O)C(C)(C)CNC(=O)OCC1c2ccccc2-c2ccccc21)CC(=O)O. The molecule has 0 bridgehead atoms. The summed E-state index contributed by atoms with van der Waals surface area (Å²) in [4.78, 5) is 36.2. The van der Waals surface area contributed by atoms with Gasteiger partial charge in [-0.05, 0) is 47.9 Å². The number of benzene rings is 2. The molecule has 3 rings (SSSR count). The minimum absolute atomic E-state index is 0.00360.